The minimum Gasteiger partial charge on any atom is -0.461 e. The number of halogens is 1. The Kier molecular flexibility index (Phi) is 5.95. The van der Waals surface area contributed by atoms with Gasteiger partial charge in [0.05, 0.1) is 11.3 Å². The van der Waals surface area contributed by atoms with Crippen LogP contribution in [0.25, 0.3) is 0 Å². The molecule has 1 amide bonds. The number of rotatable bonds is 6. The molecule has 21 heavy (non-hydrogen) atoms. The van der Waals surface area contributed by atoms with E-state index in [1.165, 1.54) is 11.3 Å². The van der Waals surface area contributed by atoms with Gasteiger partial charge in [-0.15, -0.1) is 11.3 Å². The minimum atomic E-state index is -0.329. The lowest BCUT2D eigenvalue weighted by molar-refractivity contribution is -0.144. The van der Waals surface area contributed by atoms with E-state index in [1.807, 2.05) is 35.7 Å². The van der Waals surface area contributed by atoms with E-state index in [4.69, 9.17) is 4.74 Å². The van der Waals surface area contributed by atoms with Crippen molar-refractivity contribution in [2.75, 3.05) is 6.54 Å². The molecule has 0 aliphatic heterocycles. The molecule has 1 N–H and O–H groups in total. The van der Waals surface area contributed by atoms with E-state index >= 15 is 0 Å². The van der Waals surface area contributed by atoms with Crippen molar-refractivity contribution in [3.63, 3.8) is 0 Å². The maximum absolute atomic E-state index is 11.6. The number of ether oxygens (including phenoxy) is 1. The predicted octanol–water partition coefficient (Wildman–Crippen LogP) is 3.37. The van der Waals surface area contributed by atoms with E-state index in [1.54, 1.807) is 6.07 Å². The molecule has 0 bridgehead atoms. The molecule has 0 spiro atoms. The Bertz CT molecular complexity index is 596. The zero-order chi connectivity index (χ0) is 15.1. The van der Waals surface area contributed by atoms with Crippen molar-refractivity contribution < 1.29 is 14.3 Å². The second-order valence-corrected chi connectivity index (χ2v) is 6.13. The van der Waals surface area contributed by atoms with Gasteiger partial charge in [0, 0.05) is 11.0 Å². The highest BCUT2D eigenvalue weighted by atomic mass is 79.9. The van der Waals surface area contributed by atoms with Crippen LogP contribution in [0.1, 0.15) is 21.7 Å². The van der Waals surface area contributed by atoms with Crippen molar-refractivity contribution in [2.45, 2.75) is 13.0 Å². The first-order valence-corrected chi connectivity index (χ1v) is 8.04. The molecule has 0 saturated heterocycles. The van der Waals surface area contributed by atoms with Gasteiger partial charge in [0.2, 0.25) is 0 Å². The summed E-state index contributed by atoms with van der Waals surface area (Å²) in [5.74, 6) is -0.491. The standard InChI is InChI=1S/C15H14BrNO3S/c16-12-5-3-11(4-6-12)10-20-14(18)7-8-17-15(19)13-2-1-9-21-13/h1-6,9H,7-8,10H2,(H,17,19). The van der Waals surface area contributed by atoms with Gasteiger partial charge in [0.1, 0.15) is 6.61 Å². The first kappa shape index (κ1) is 15.7. The number of amides is 1. The molecule has 0 unspecified atom stereocenters. The number of hydrogen-bond acceptors (Lipinski definition) is 4. The molecule has 1 aromatic carbocycles. The average Bonchev–Trinajstić information content (AvgIpc) is 3.01. The van der Waals surface area contributed by atoms with E-state index in [0.717, 1.165) is 10.0 Å². The highest BCUT2D eigenvalue weighted by Crippen LogP contribution is 2.11. The third-order valence-electron chi connectivity index (χ3n) is 2.67. The van der Waals surface area contributed by atoms with Crippen molar-refractivity contribution in [1.82, 2.24) is 5.32 Å². The molecule has 1 heterocycles. The van der Waals surface area contributed by atoms with Gasteiger partial charge in [-0.2, -0.15) is 0 Å². The monoisotopic (exact) mass is 367 g/mol. The Morgan fingerprint density at radius 3 is 2.62 bits per heavy atom. The largest absolute Gasteiger partial charge is 0.461 e. The van der Waals surface area contributed by atoms with Crippen LogP contribution in [0.15, 0.2) is 46.3 Å². The van der Waals surface area contributed by atoms with Crippen molar-refractivity contribution >= 4 is 39.1 Å². The van der Waals surface area contributed by atoms with Gasteiger partial charge in [-0.25, -0.2) is 0 Å². The summed E-state index contributed by atoms with van der Waals surface area (Å²) in [5, 5.41) is 4.52. The summed E-state index contributed by atoms with van der Waals surface area (Å²) in [6, 6.07) is 11.1. The maximum Gasteiger partial charge on any atom is 0.307 e. The molecular weight excluding hydrogens is 354 g/mol. The van der Waals surface area contributed by atoms with Crippen LogP contribution in [-0.4, -0.2) is 18.4 Å². The van der Waals surface area contributed by atoms with Crippen LogP contribution in [-0.2, 0) is 16.1 Å². The van der Waals surface area contributed by atoms with Crippen molar-refractivity contribution in [3.05, 3.63) is 56.7 Å². The van der Waals surface area contributed by atoms with Gasteiger partial charge < -0.3 is 10.1 Å². The molecular formula is C15H14BrNO3S. The van der Waals surface area contributed by atoms with Gasteiger partial charge >= 0.3 is 5.97 Å². The molecule has 1 aromatic heterocycles. The van der Waals surface area contributed by atoms with Gasteiger partial charge in [-0.1, -0.05) is 34.1 Å². The Morgan fingerprint density at radius 2 is 1.95 bits per heavy atom. The molecule has 4 nitrogen and oxygen atoms in total. The van der Waals surface area contributed by atoms with Gasteiger partial charge in [-0.3, -0.25) is 9.59 Å². The van der Waals surface area contributed by atoms with Gasteiger partial charge in [0.15, 0.2) is 0 Å². The molecule has 110 valence electrons. The average molecular weight is 368 g/mol. The summed E-state index contributed by atoms with van der Waals surface area (Å²) in [4.78, 5) is 23.8. The van der Waals surface area contributed by atoms with Gasteiger partial charge in [0.25, 0.3) is 5.91 Å². The van der Waals surface area contributed by atoms with Crippen LogP contribution in [0.5, 0.6) is 0 Å². The summed E-state index contributed by atoms with van der Waals surface area (Å²) in [5.41, 5.74) is 0.925. The van der Waals surface area contributed by atoms with E-state index in [9.17, 15) is 9.59 Å². The summed E-state index contributed by atoms with van der Waals surface area (Å²) >= 11 is 4.71. The summed E-state index contributed by atoms with van der Waals surface area (Å²) < 4.78 is 6.12. The first-order valence-electron chi connectivity index (χ1n) is 6.37. The Morgan fingerprint density at radius 1 is 1.19 bits per heavy atom. The first-order chi connectivity index (χ1) is 10.1. The highest BCUT2D eigenvalue weighted by molar-refractivity contribution is 9.10. The molecule has 0 aliphatic carbocycles. The number of carbonyl (C=O) groups is 2. The molecule has 6 heteroatoms. The molecule has 0 atom stereocenters. The number of carbonyl (C=O) groups excluding carboxylic acids is 2. The van der Waals surface area contributed by atoms with E-state index < -0.39 is 0 Å². The lowest BCUT2D eigenvalue weighted by Gasteiger charge is -2.06. The Balaban J connectivity index is 1.66. The smallest absolute Gasteiger partial charge is 0.307 e. The fraction of sp³-hybridized carbons (Fsp3) is 0.200. The van der Waals surface area contributed by atoms with Crippen LogP contribution < -0.4 is 5.32 Å². The minimum absolute atomic E-state index is 0.160. The molecule has 0 saturated carbocycles. The van der Waals surface area contributed by atoms with E-state index in [0.29, 0.717) is 4.88 Å². The zero-order valence-electron chi connectivity index (χ0n) is 11.2. The summed E-state index contributed by atoms with van der Waals surface area (Å²) in [7, 11) is 0. The van der Waals surface area contributed by atoms with Crippen LogP contribution in [0.3, 0.4) is 0 Å². The van der Waals surface area contributed by atoms with Crippen molar-refractivity contribution in [2.24, 2.45) is 0 Å². The number of nitrogens with one attached hydrogen (secondary N) is 1. The third kappa shape index (κ3) is 5.32. The second kappa shape index (κ2) is 7.95. The fourth-order valence-corrected chi connectivity index (χ4v) is 2.49. The molecule has 2 rings (SSSR count). The molecule has 2 aromatic rings. The molecule has 0 aliphatic rings. The van der Waals surface area contributed by atoms with Crippen LogP contribution in [0.4, 0.5) is 0 Å². The Hall–Kier alpha value is -1.66. The second-order valence-electron chi connectivity index (χ2n) is 4.27. The van der Waals surface area contributed by atoms with Crippen LogP contribution >= 0.6 is 27.3 Å². The lowest BCUT2D eigenvalue weighted by atomic mass is 10.2. The van der Waals surface area contributed by atoms with Gasteiger partial charge in [-0.05, 0) is 29.1 Å². The number of benzene rings is 1. The number of esters is 1. The maximum atomic E-state index is 11.6. The predicted molar refractivity (Wildman–Crippen MR) is 85.2 cm³/mol. The topological polar surface area (TPSA) is 55.4 Å². The molecule has 0 fully saturated rings. The zero-order valence-corrected chi connectivity index (χ0v) is 13.6. The Labute approximate surface area is 135 Å². The number of thiophene rings is 1. The van der Waals surface area contributed by atoms with Crippen LogP contribution in [0, 0.1) is 0 Å². The quantitative estimate of drug-likeness (QED) is 0.796. The number of hydrogen-bond donors (Lipinski definition) is 1. The van der Waals surface area contributed by atoms with Crippen molar-refractivity contribution in [3.8, 4) is 0 Å². The SMILES string of the molecule is O=C(CCNC(=O)c1cccs1)OCc1ccc(Br)cc1. The van der Waals surface area contributed by atoms with E-state index in [-0.39, 0.29) is 31.4 Å². The highest BCUT2D eigenvalue weighted by Gasteiger charge is 2.08. The molecule has 0 radical (unpaired) electrons. The third-order valence-corrected chi connectivity index (χ3v) is 4.07. The lowest BCUT2D eigenvalue weighted by Crippen LogP contribution is -2.25. The van der Waals surface area contributed by atoms with E-state index in [2.05, 4.69) is 21.2 Å². The van der Waals surface area contributed by atoms with Crippen molar-refractivity contribution in [1.29, 1.82) is 0 Å². The fourth-order valence-electron chi connectivity index (χ4n) is 1.59. The normalized spacial score (nSPS) is 10.1. The van der Waals surface area contributed by atoms with Crippen LogP contribution in [0.2, 0.25) is 0 Å². The summed E-state index contributed by atoms with van der Waals surface area (Å²) in [6.45, 7) is 0.515. The summed E-state index contributed by atoms with van der Waals surface area (Å²) in [6.07, 6.45) is 0.160.